The van der Waals surface area contributed by atoms with Crippen LogP contribution in [0.1, 0.15) is 32.4 Å². The van der Waals surface area contributed by atoms with Gasteiger partial charge in [-0.25, -0.2) is 0 Å². The number of ether oxygens (including phenoxy) is 2. The molecule has 0 radical (unpaired) electrons. The van der Waals surface area contributed by atoms with Crippen LogP contribution >= 0.6 is 0 Å². The predicted molar refractivity (Wildman–Crippen MR) is 67.0 cm³/mol. The lowest BCUT2D eigenvalue weighted by Gasteiger charge is -2.31. The maximum absolute atomic E-state index is 5.64. The van der Waals surface area contributed by atoms with Crippen LogP contribution in [-0.4, -0.2) is 13.2 Å². The van der Waals surface area contributed by atoms with E-state index in [1.54, 1.807) is 0 Å². The maximum atomic E-state index is 5.64. The Kier molecular flexibility index (Phi) is 3.26. The summed E-state index contributed by atoms with van der Waals surface area (Å²) in [6.07, 6.45) is 0. The maximum Gasteiger partial charge on any atom is 0.161 e. The van der Waals surface area contributed by atoms with E-state index in [1.165, 1.54) is 0 Å². The molecular weight excluding hydrogens is 216 g/mol. The topological polar surface area (TPSA) is 56.5 Å². The van der Waals surface area contributed by atoms with E-state index in [-0.39, 0.29) is 11.5 Å². The molecule has 0 aliphatic carbocycles. The molecule has 3 N–H and O–H groups in total. The minimum Gasteiger partial charge on any atom is -0.486 e. The fourth-order valence-corrected chi connectivity index (χ4v) is 2.09. The van der Waals surface area contributed by atoms with Crippen LogP contribution in [0.5, 0.6) is 11.5 Å². The van der Waals surface area contributed by atoms with Crippen LogP contribution in [0.3, 0.4) is 0 Å². The Balaban J connectivity index is 2.32. The highest BCUT2D eigenvalue weighted by molar-refractivity contribution is 5.44. The van der Waals surface area contributed by atoms with Crippen molar-refractivity contribution in [3.05, 3.63) is 23.8 Å². The molecule has 94 valence electrons. The average molecular weight is 236 g/mol. The first-order valence-electron chi connectivity index (χ1n) is 5.88. The summed E-state index contributed by atoms with van der Waals surface area (Å²) in [5, 5.41) is 0. The van der Waals surface area contributed by atoms with Crippen molar-refractivity contribution < 1.29 is 9.47 Å². The normalized spacial score (nSPS) is 16.7. The van der Waals surface area contributed by atoms with Crippen molar-refractivity contribution in [2.45, 2.75) is 26.8 Å². The zero-order valence-electron chi connectivity index (χ0n) is 10.6. The number of nitrogens with one attached hydrogen (secondary N) is 1. The summed E-state index contributed by atoms with van der Waals surface area (Å²) in [6.45, 7) is 7.66. The highest BCUT2D eigenvalue weighted by Gasteiger charge is 2.26. The standard InChI is InChI=1S/C13H20N2O2/c1-13(2,3)12(15-14)9-4-5-10-11(8-9)17-7-6-16-10/h4-5,8,12,15H,6-7,14H2,1-3H3. The number of fused-ring (bicyclic) bond motifs is 1. The molecule has 4 heteroatoms. The third-order valence-corrected chi connectivity index (χ3v) is 2.93. The van der Waals surface area contributed by atoms with Gasteiger partial charge in [-0.2, -0.15) is 0 Å². The molecule has 0 saturated carbocycles. The van der Waals surface area contributed by atoms with Crippen LogP contribution < -0.4 is 20.7 Å². The summed E-state index contributed by atoms with van der Waals surface area (Å²) in [5.41, 5.74) is 4.02. The third-order valence-electron chi connectivity index (χ3n) is 2.93. The Morgan fingerprint density at radius 2 is 1.82 bits per heavy atom. The van der Waals surface area contributed by atoms with Crippen LogP contribution in [-0.2, 0) is 0 Å². The first-order chi connectivity index (χ1) is 8.02. The Hall–Kier alpha value is -1.26. The molecule has 0 aromatic heterocycles. The molecule has 1 atom stereocenters. The van der Waals surface area contributed by atoms with Crippen molar-refractivity contribution in [1.29, 1.82) is 0 Å². The monoisotopic (exact) mass is 236 g/mol. The Bertz CT molecular complexity index is 399. The van der Waals surface area contributed by atoms with Gasteiger partial charge in [0.25, 0.3) is 0 Å². The van der Waals surface area contributed by atoms with Crippen molar-refractivity contribution in [3.63, 3.8) is 0 Å². The number of rotatable bonds is 2. The molecule has 0 bridgehead atoms. The lowest BCUT2D eigenvalue weighted by Crippen LogP contribution is -2.36. The molecule has 17 heavy (non-hydrogen) atoms. The lowest BCUT2D eigenvalue weighted by atomic mass is 9.83. The Morgan fingerprint density at radius 1 is 1.18 bits per heavy atom. The zero-order valence-corrected chi connectivity index (χ0v) is 10.6. The number of hydrogen-bond donors (Lipinski definition) is 2. The summed E-state index contributed by atoms with van der Waals surface area (Å²) in [6, 6.07) is 6.06. The molecule has 1 aromatic carbocycles. The average Bonchev–Trinajstić information content (AvgIpc) is 2.28. The summed E-state index contributed by atoms with van der Waals surface area (Å²) < 4.78 is 11.1. The molecule has 1 heterocycles. The molecule has 4 nitrogen and oxygen atoms in total. The lowest BCUT2D eigenvalue weighted by molar-refractivity contribution is 0.170. The molecule has 1 aliphatic heterocycles. The van der Waals surface area contributed by atoms with Gasteiger partial charge in [0.2, 0.25) is 0 Å². The van der Waals surface area contributed by atoms with E-state index in [4.69, 9.17) is 15.3 Å². The second-order valence-corrected chi connectivity index (χ2v) is 5.37. The van der Waals surface area contributed by atoms with E-state index in [0.717, 1.165) is 17.1 Å². The minimum atomic E-state index is 0.0402. The first-order valence-corrected chi connectivity index (χ1v) is 5.88. The van der Waals surface area contributed by atoms with Gasteiger partial charge in [0.1, 0.15) is 13.2 Å². The van der Waals surface area contributed by atoms with Gasteiger partial charge in [-0.3, -0.25) is 11.3 Å². The van der Waals surface area contributed by atoms with E-state index < -0.39 is 0 Å². The number of nitrogens with two attached hydrogens (primary N) is 1. The van der Waals surface area contributed by atoms with Crippen molar-refractivity contribution >= 4 is 0 Å². The summed E-state index contributed by atoms with van der Waals surface area (Å²) in [5.74, 6) is 7.26. The molecule has 1 aliphatic rings. The fraction of sp³-hybridized carbons (Fsp3) is 0.538. The zero-order chi connectivity index (χ0) is 12.5. The van der Waals surface area contributed by atoms with Crippen molar-refractivity contribution in [2.75, 3.05) is 13.2 Å². The predicted octanol–water partition coefficient (Wildman–Crippen LogP) is 2.01. The van der Waals surface area contributed by atoms with Gasteiger partial charge in [-0.05, 0) is 23.1 Å². The van der Waals surface area contributed by atoms with Crippen LogP contribution in [0.25, 0.3) is 0 Å². The second-order valence-electron chi connectivity index (χ2n) is 5.37. The van der Waals surface area contributed by atoms with Crippen molar-refractivity contribution in [1.82, 2.24) is 5.43 Å². The minimum absolute atomic E-state index is 0.0402. The van der Waals surface area contributed by atoms with E-state index in [9.17, 15) is 0 Å². The van der Waals surface area contributed by atoms with Crippen LogP contribution in [0.4, 0.5) is 0 Å². The largest absolute Gasteiger partial charge is 0.486 e. The quantitative estimate of drug-likeness (QED) is 0.609. The van der Waals surface area contributed by atoms with Gasteiger partial charge in [-0.1, -0.05) is 26.8 Å². The molecule has 0 amide bonds. The van der Waals surface area contributed by atoms with Gasteiger partial charge in [0.15, 0.2) is 11.5 Å². The van der Waals surface area contributed by atoms with Gasteiger partial charge < -0.3 is 9.47 Å². The van der Waals surface area contributed by atoms with Crippen molar-refractivity contribution in [2.24, 2.45) is 11.3 Å². The van der Waals surface area contributed by atoms with Crippen LogP contribution in [0, 0.1) is 5.41 Å². The Morgan fingerprint density at radius 3 is 2.41 bits per heavy atom. The number of benzene rings is 1. The smallest absolute Gasteiger partial charge is 0.161 e. The van der Waals surface area contributed by atoms with E-state index in [0.29, 0.717) is 13.2 Å². The molecular formula is C13H20N2O2. The van der Waals surface area contributed by atoms with E-state index >= 15 is 0 Å². The van der Waals surface area contributed by atoms with Gasteiger partial charge in [-0.15, -0.1) is 0 Å². The summed E-state index contributed by atoms with van der Waals surface area (Å²) in [7, 11) is 0. The van der Waals surface area contributed by atoms with Crippen LogP contribution in [0.15, 0.2) is 18.2 Å². The fourth-order valence-electron chi connectivity index (χ4n) is 2.09. The molecule has 1 aromatic rings. The SMILES string of the molecule is CC(C)(C)C(NN)c1ccc2c(c1)OCCO2. The van der Waals surface area contributed by atoms with Gasteiger partial charge in [0.05, 0.1) is 6.04 Å². The van der Waals surface area contributed by atoms with E-state index in [1.807, 2.05) is 18.2 Å². The highest BCUT2D eigenvalue weighted by Crippen LogP contribution is 2.37. The third kappa shape index (κ3) is 2.53. The van der Waals surface area contributed by atoms with Crippen molar-refractivity contribution in [3.8, 4) is 11.5 Å². The Labute approximate surface area is 102 Å². The van der Waals surface area contributed by atoms with Gasteiger partial charge in [0, 0.05) is 0 Å². The molecule has 0 fully saturated rings. The van der Waals surface area contributed by atoms with Crippen LogP contribution in [0.2, 0.25) is 0 Å². The molecule has 0 saturated heterocycles. The highest BCUT2D eigenvalue weighted by atomic mass is 16.6. The molecule has 1 unspecified atom stereocenters. The summed E-state index contributed by atoms with van der Waals surface area (Å²) >= 11 is 0. The second kappa shape index (κ2) is 4.55. The molecule has 0 spiro atoms. The number of hydrazine groups is 1. The van der Waals surface area contributed by atoms with Gasteiger partial charge >= 0.3 is 0 Å². The first kappa shape index (κ1) is 12.2. The van der Waals surface area contributed by atoms with E-state index in [2.05, 4.69) is 26.2 Å². The molecule has 2 rings (SSSR count). The number of hydrogen-bond acceptors (Lipinski definition) is 4. The summed E-state index contributed by atoms with van der Waals surface area (Å²) in [4.78, 5) is 0.